The van der Waals surface area contributed by atoms with Crippen LogP contribution < -0.4 is 15.6 Å². The quantitative estimate of drug-likeness (QED) is 0.200. The van der Waals surface area contributed by atoms with Crippen molar-refractivity contribution in [1.29, 1.82) is 0 Å². The van der Waals surface area contributed by atoms with Gasteiger partial charge < -0.3 is 10.6 Å². The minimum absolute atomic E-state index is 0.127. The van der Waals surface area contributed by atoms with Crippen LogP contribution in [0.25, 0.3) is 0 Å². The number of benzene rings is 2. The standard InChI is InChI=1S/C23H17Cl3F3N5O2/c1-34(20-17(26)10-13(11-30-20)23(27,28)29)31-12-14(21(35)32-18-8-4-2-6-15(18)24)22(36)33-19-9-5-3-7-16(19)25/h2-12,14H,1H3,(H,32,35)(H,33,36)/b31-12-. The molecule has 0 unspecified atom stereocenters. The highest BCUT2D eigenvalue weighted by molar-refractivity contribution is 6.35. The molecule has 0 saturated heterocycles. The Morgan fingerprint density at radius 3 is 1.89 bits per heavy atom. The zero-order chi connectivity index (χ0) is 26.5. The summed E-state index contributed by atoms with van der Waals surface area (Å²) in [6.07, 6.45) is -3.04. The molecule has 0 fully saturated rings. The molecule has 2 N–H and O–H groups in total. The molecule has 0 atom stereocenters. The summed E-state index contributed by atoms with van der Waals surface area (Å²) in [5.41, 5.74) is -0.521. The molecule has 13 heteroatoms. The van der Waals surface area contributed by atoms with Crippen molar-refractivity contribution in [3.05, 3.63) is 81.4 Å². The van der Waals surface area contributed by atoms with Crippen LogP contribution in [0.3, 0.4) is 0 Å². The van der Waals surface area contributed by atoms with Crippen molar-refractivity contribution >= 4 is 70.0 Å². The zero-order valence-corrected chi connectivity index (χ0v) is 20.6. The number of alkyl halides is 3. The van der Waals surface area contributed by atoms with Gasteiger partial charge in [-0.1, -0.05) is 59.1 Å². The largest absolute Gasteiger partial charge is 0.417 e. The lowest BCUT2D eigenvalue weighted by Crippen LogP contribution is -2.35. The van der Waals surface area contributed by atoms with E-state index < -0.39 is 29.5 Å². The van der Waals surface area contributed by atoms with Gasteiger partial charge in [-0.15, -0.1) is 0 Å². The van der Waals surface area contributed by atoms with Crippen LogP contribution >= 0.6 is 34.8 Å². The number of rotatable bonds is 7. The molecule has 0 aliphatic heterocycles. The molecule has 0 aliphatic rings. The molecule has 7 nitrogen and oxygen atoms in total. The Balaban J connectivity index is 1.88. The average molecular weight is 559 g/mol. The van der Waals surface area contributed by atoms with Gasteiger partial charge in [-0.25, -0.2) is 4.98 Å². The SMILES string of the molecule is CN(/N=C\C(C(=O)Nc1ccccc1Cl)C(=O)Nc1ccccc1Cl)c1ncc(C(F)(F)F)cc1Cl. The Labute approximate surface area is 218 Å². The summed E-state index contributed by atoms with van der Waals surface area (Å²) in [6, 6.07) is 13.5. The summed E-state index contributed by atoms with van der Waals surface area (Å²) in [6.45, 7) is 0. The van der Waals surface area contributed by atoms with Crippen LogP contribution in [-0.2, 0) is 15.8 Å². The number of nitrogens with zero attached hydrogens (tertiary/aromatic N) is 3. The molecule has 3 aromatic rings. The summed E-state index contributed by atoms with van der Waals surface area (Å²) in [5, 5.41) is 10.3. The number of carbonyl (C=O) groups excluding carboxylic acids is 2. The van der Waals surface area contributed by atoms with E-state index in [4.69, 9.17) is 34.8 Å². The van der Waals surface area contributed by atoms with Crippen LogP contribution in [0.1, 0.15) is 5.56 Å². The van der Waals surface area contributed by atoms with Crippen molar-refractivity contribution in [2.75, 3.05) is 22.7 Å². The van der Waals surface area contributed by atoms with Gasteiger partial charge in [0.1, 0.15) is 0 Å². The maximum atomic E-state index is 13.0. The lowest BCUT2D eigenvalue weighted by molar-refractivity contribution is -0.137. The van der Waals surface area contributed by atoms with Crippen molar-refractivity contribution in [3.63, 3.8) is 0 Å². The van der Waals surface area contributed by atoms with E-state index in [0.29, 0.717) is 12.3 Å². The van der Waals surface area contributed by atoms with E-state index >= 15 is 0 Å². The highest BCUT2D eigenvalue weighted by Crippen LogP contribution is 2.33. The Hall–Kier alpha value is -3.34. The van der Waals surface area contributed by atoms with E-state index in [0.717, 1.165) is 11.2 Å². The molecular weight excluding hydrogens is 542 g/mol. The first-order valence-corrected chi connectivity index (χ1v) is 11.2. The van der Waals surface area contributed by atoms with Crippen molar-refractivity contribution in [2.24, 2.45) is 11.0 Å². The molecule has 0 bridgehead atoms. The summed E-state index contributed by atoms with van der Waals surface area (Å²) in [4.78, 5) is 29.7. The van der Waals surface area contributed by atoms with Gasteiger partial charge in [0.2, 0.25) is 11.8 Å². The van der Waals surface area contributed by atoms with Gasteiger partial charge in [0.25, 0.3) is 0 Å². The van der Waals surface area contributed by atoms with E-state index in [1.807, 2.05) is 0 Å². The topological polar surface area (TPSA) is 86.7 Å². The number of aromatic nitrogens is 1. The number of anilines is 3. The molecule has 0 aliphatic carbocycles. The van der Waals surface area contributed by atoms with E-state index in [1.54, 1.807) is 48.5 Å². The third-order valence-electron chi connectivity index (χ3n) is 4.67. The van der Waals surface area contributed by atoms with Gasteiger partial charge in [-0.2, -0.15) is 18.3 Å². The predicted octanol–water partition coefficient (Wildman–Crippen LogP) is 6.38. The van der Waals surface area contributed by atoms with E-state index in [-0.39, 0.29) is 32.3 Å². The number of amides is 2. The first kappa shape index (κ1) is 27.3. The first-order valence-electron chi connectivity index (χ1n) is 10.1. The number of hydrogen-bond donors (Lipinski definition) is 2. The van der Waals surface area contributed by atoms with Crippen LogP contribution in [0.5, 0.6) is 0 Å². The van der Waals surface area contributed by atoms with Crippen LogP contribution in [0, 0.1) is 5.92 Å². The third-order valence-corrected chi connectivity index (χ3v) is 5.61. The van der Waals surface area contributed by atoms with Crippen molar-refractivity contribution in [1.82, 2.24) is 4.98 Å². The lowest BCUT2D eigenvalue weighted by atomic mass is 10.1. The van der Waals surface area contributed by atoms with Crippen molar-refractivity contribution < 1.29 is 22.8 Å². The molecule has 2 aromatic carbocycles. The van der Waals surface area contributed by atoms with Gasteiger partial charge in [-0.3, -0.25) is 14.6 Å². The fourth-order valence-corrected chi connectivity index (χ4v) is 3.50. The van der Waals surface area contributed by atoms with E-state index in [1.165, 1.54) is 7.05 Å². The maximum absolute atomic E-state index is 13.0. The third kappa shape index (κ3) is 6.87. The molecule has 1 aromatic heterocycles. The number of halogens is 6. The number of pyridine rings is 1. The number of carbonyl (C=O) groups is 2. The highest BCUT2D eigenvalue weighted by atomic mass is 35.5. The van der Waals surface area contributed by atoms with Crippen LogP contribution in [-0.4, -0.2) is 30.1 Å². The second kappa shape index (κ2) is 11.6. The summed E-state index contributed by atoms with van der Waals surface area (Å²) in [5.74, 6) is -3.20. The molecule has 0 spiro atoms. The Bertz CT molecular complexity index is 1240. The van der Waals surface area contributed by atoms with Crippen LogP contribution in [0.15, 0.2) is 65.9 Å². The van der Waals surface area contributed by atoms with Gasteiger partial charge in [0.15, 0.2) is 11.7 Å². The number of para-hydroxylation sites is 2. The molecular formula is C23H17Cl3F3N5O2. The van der Waals surface area contributed by atoms with Gasteiger partial charge >= 0.3 is 6.18 Å². The smallest absolute Gasteiger partial charge is 0.324 e. The van der Waals surface area contributed by atoms with E-state index in [9.17, 15) is 22.8 Å². The Kier molecular flexibility index (Phi) is 8.78. The lowest BCUT2D eigenvalue weighted by Gasteiger charge is -2.17. The predicted molar refractivity (Wildman–Crippen MR) is 135 cm³/mol. The van der Waals surface area contributed by atoms with Gasteiger partial charge in [-0.05, 0) is 30.3 Å². The molecule has 188 valence electrons. The van der Waals surface area contributed by atoms with Crippen LogP contribution in [0.4, 0.5) is 30.4 Å². The van der Waals surface area contributed by atoms with Gasteiger partial charge in [0, 0.05) is 19.5 Å². The molecule has 1 heterocycles. The summed E-state index contributed by atoms with van der Waals surface area (Å²) < 4.78 is 38.7. The normalized spacial score (nSPS) is 11.6. The fraction of sp³-hybridized carbons (Fsp3) is 0.130. The number of nitrogens with one attached hydrogen (secondary N) is 2. The van der Waals surface area contributed by atoms with Crippen LogP contribution in [0.2, 0.25) is 15.1 Å². The minimum Gasteiger partial charge on any atom is -0.324 e. The molecule has 2 amide bonds. The second-order valence-corrected chi connectivity index (χ2v) is 8.45. The zero-order valence-electron chi connectivity index (χ0n) is 18.4. The Morgan fingerprint density at radius 1 is 0.944 bits per heavy atom. The molecule has 3 rings (SSSR count). The number of hydrazone groups is 1. The minimum atomic E-state index is -4.63. The summed E-state index contributed by atoms with van der Waals surface area (Å²) >= 11 is 18.1. The van der Waals surface area contributed by atoms with E-state index in [2.05, 4.69) is 20.7 Å². The molecule has 0 radical (unpaired) electrons. The van der Waals surface area contributed by atoms with Gasteiger partial charge in [0.05, 0.1) is 32.0 Å². The summed E-state index contributed by atoms with van der Waals surface area (Å²) in [7, 11) is 1.34. The molecule has 36 heavy (non-hydrogen) atoms. The van der Waals surface area contributed by atoms with Crippen molar-refractivity contribution in [3.8, 4) is 0 Å². The Morgan fingerprint density at radius 2 is 1.44 bits per heavy atom. The molecule has 0 saturated carbocycles. The second-order valence-electron chi connectivity index (χ2n) is 7.23. The fourth-order valence-electron chi connectivity index (χ4n) is 2.85. The average Bonchev–Trinajstić information content (AvgIpc) is 2.81. The first-order chi connectivity index (χ1) is 17.0. The highest BCUT2D eigenvalue weighted by Gasteiger charge is 2.32. The monoisotopic (exact) mass is 557 g/mol. The van der Waals surface area contributed by atoms with Crippen molar-refractivity contribution in [2.45, 2.75) is 6.18 Å². The maximum Gasteiger partial charge on any atom is 0.417 e. The number of hydrogen-bond acceptors (Lipinski definition) is 5.